The van der Waals surface area contributed by atoms with Gasteiger partial charge in [-0.25, -0.2) is 4.79 Å². The number of nitrogens with zero attached hydrogens (tertiary/aromatic N) is 1. The van der Waals surface area contributed by atoms with Crippen molar-refractivity contribution in [1.29, 1.82) is 0 Å². The summed E-state index contributed by atoms with van der Waals surface area (Å²) in [5, 5.41) is 3.62. The van der Waals surface area contributed by atoms with Gasteiger partial charge in [-0.2, -0.15) is 0 Å². The fraction of sp³-hybridized carbons (Fsp3) is 0.206. The molecular formula is C34H34N2O2. The van der Waals surface area contributed by atoms with Crippen LogP contribution in [0.3, 0.4) is 0 Å². The monoisotopic (exact) mass is 502 g/mol. The number of para-hydroxylation sites is 2. The van der Waals surface area contributed by atoms with E-state index in [1.165, 1.54) is 16.7 Å². The second-order valence-corrected chi connectivity index (χ2v) is 9.79. The molecule has 4 aromatic carbocycles. The zero-order valence-corrected chi connectivity index (χ0v) is 22.2. The van der Waals surface area contributed by atoms with Crippen molar-refractivity contribution in [1.82, 2.24) is 0 Å². The Morgan fingerprint density at radius 2 is 1.34 bits per heavy atom. The molecule has 0 saturated carbocycles. The lowest BCUT2D eigenvalue weighted by atomic mass is 9.83. The van der Waals surface area contributed by atoms with E-state index in [4.69, 9.17) is 4.74 Å². The Morgan fingerprint density at radius 1 is 0.789 bits per heavy atom. The molecule has 1 aliphatic rings. The molecule has 4 heteroatoms. The molecule has 0 amide bonds. The first-order valence-corrected chi connectivity index (χ1v) is 13.2. The van der Waals surface area contributed by atoms with Crippen LogP contribution in [0.4, 0.5) is 11.4 Å². The molecule has 0 aromatic heterocycles. The van der Waals surface area contributed by atoms with Crippen LogP contribution in [0.2, 0.25) is 0 Å². The molecule has 0 aliphatic carbocycles. The van der Waals surface area contributed by atoms with Gasteiger partial charge in [0.1, 0.15) is 0 Å². The van der Waals surface area contributed by atoms with E-state index in [1.807, 2.05) is 43.3 Å². The minimum atomic E-state index is -0.344. The summed E-state index contributed by atoms with van der Waals surface area (Å²) in [5.41, 5.74) is 8.18. The van der Waals surface area contributed by atoms with Gasteiger partial charge in [0.05, 0.1) is 24.3 Å². The number of esters is 1. The number of anilines is 2. The maximum Gasteiger partial charge on any atom is 0.338 e. The van der Waals surface area contributed by atoms with Crippen LogP contribution < -0.4 is 10.2 Å². The van der Waals surface area contributed by atoms with Crippen LogP contribution in [0.15, 0.2) is 120 Å². The van der Waals surface area contributed by atoms with E-state index in [9.17, 15) is 4.79 Å². The average Bonchev–Trinajstić information content (AvgIpc) is 2.94. The molecule has 5 rings (SSSR count). The van der Waals surface area contributed by atoms with Crippen molar-refractivity contribution in [2.45, 2.75) is 39.3 Å². The normalized spacial score (nSPS) is 17.3. The van der Waals surface area contributed by atoms with E-state index < -0.39 is 0 Å². The van der Waals surface area contributed by atoms with Crippen LogP contribution in [0.1, 0.15) is 47.7 Å². The van der Waals surface area contributed by atoms with E-state index in [0.717, 1.165) is 22.6 Å². The number of benzene rings is 4. The molecule has 192 valence electrons. The van der Waals surface area contributed by atoms with Crippen LogP contribution in [0.25, 0.3) is 0 Å². The summed E-state index contributed by atoms with van der Waals surface area (Å²) >= 11 is 0. The standard InChI is InChI=1S/C34H34N2O2/c1-4-38-34(37)32-30(35-28-11-7-5-8-12-28)23-31(26-19-15-24(2)16-20-26)36(29-13-9-6-10-14-29)33(32)27-21-17-25(3)18-22-27/h5-22,31,33,35H,4,23H2,1-3H3/t31-,33+/m1/s1. The number of hydrogen-bond donors (Lipinski definition) is 1. The molecule has 1 N–H and O–H groups in total. The fourth-order valence-electron chi connectivity index (χ4n) is 5.22. The largest absolute Gasteiger partial charge is 0.463 e. The van der Waals surface area contributed by atoms with Crippen molar-refractivity contribution < 1.29 is 9.53 Å². The van der Waals surface area contributed by atoms with Crippen LogP contribution in [0, 0.1) is 13.8 Å². The van der Waals surface area contributed by atoms with Crippen molar-refractivity contribution in [3.63, 3.8) is 0 Å². The number of nitrogens with one attached hydrogen (secondary N) is 1. The van der Waals surface area contributed by atoms with Gasteiger partial charge in [0, 0.05) is 23.5 Å². The maximum atomic E-state index is 13.8. The van der Waals surface area contributed by atoms with Gasteiger partial charge in [-0.1, -0.05) is 96.1 Å². The van der Waals surface area contributed by atoms with Crippen molar-refractivity contribution >= 4 is 17.3 Å². The lowest BCUT2D eigenvalue weighted by molar-refractivity contribution is -0.139. The minimum Gasteiger partial charge on any atom is -0.463 e. The minimum absolute atomic E-state index is 0.00584. The molecule has 0 fully saturated rings. The first-order valence-electron chi connectivity index (χ1n) is 13.2. The molecule has 0 spiro atoms. The summed E-state index contributed by atoms with van der Waals surface area (Å²) in [5.74, 6) is -0.292. The van der Waals surface area contributed by atoms with E-state index in [-0.39, 0.29) is 18.1 Å². The number of hydrogen-bond acceptors (Lipinski definition) is 4. The van der Waals surface area contributed by atoms with E-state index in [1.54, 1.807) is 0 Å². The van der Waals surface area contributed by atoms with Crippen LogP contribution in [-0.2, 0) is 9.53 Å². The van der Waals surface area contributed by atoms with Gasteiger partial charge in [0.15, 0.2) is 0 Å². The third-order valence-corrected chi connectivity index (χ3v) is 7.08. The quantitative estimate of drug-likeness (QED) is 0.261. The van der Waals surface area contributed by atoms with Crippen molar-refractivity contribution in [2.75, 3.05) is 16.8 Å². The fourth-order valence-corrected chi connectivity index (χ4v) is 5.22. The number of carbonyl (C=O) groups is 1. The molecule has 4 aromatic rings. The zero-order chi connectivity index (χ0) is 26.5. The number of ether oxygens (including phenoxy) is 1. The van der Waals surface area contributed by atoms with Gasteiger partial charge >= 0.3 is 5.97 Å². The van der Waals surface area contributed by atoms with Gasteiger partial charge in [0.2, 0.25) is 0 Å². The maximum absolute atomic E-state index is 13.8. The molecule has 2 atom stereocenters. The second-order valence-electron chi connectivity index (χ2n) is 9.79. The lowest BCUT2D eigenvalue weighted by Gasteiger charge is -2.46. The lowest BCUT2D eigenvalue weighted by Crippen LogP contribution is -2.41. The SMILES string of the molecule is CCOC(=O)C1=C(Nc2ccccc2)C[C@H](c2ccc(C)cc2)N(c2ccccc2)[C@H]1c1ccc(C)cc1. The zero-order valence-electron chi connectivity index (χ0n) is 22.2. The number of rotatable bonds is 7. The third kappa shape index (κ3) is 5.35. The number of carbonyl (C=O) groups excluding carboxylic acids is 1. The predicted molar refractivity (Wildman–Crippen MR) is 155 cm³/mol. The summed E-state index contributed by atoms with van der Waals surface area (Å²) in [4.78, 5) is 16.2. The summed E-state index contributed by atoms with van der Waals surface area (Å²) < 4.78 is 5.70. The highest BCUT2D eigenvalue weighted by Crippen LogP contribution is 2.48. The summed E-state index contributed by atoms with van der Waals surface area (Å²) in [6.45, 7) is 6.36. The third-order valence-electron chi connectivity index (χ3n) is 7.08. The molecule has 1 heterocycles. The van der Waals surface area contributed by atoms with Crippen molar-refractivity contribution in [3.05, 3.63) is 143 Å². The predicted octanol–water partition coefficient (Wildman–Crippen LogP) is 7.93. The van der Waals surface area contributed by atoms with Gasteiger partial charge < -0.3 is 15.0 Å². The Morgan fingerprint density at radius 3 is 1.92 bits per heavy atom. The Hall–Kier alpha value is -4.31. The first kappa shape index (κ1) is 25.3. The Bertz CT molecular complexity index is 1390. The van der Waals surface area contributed by atoms with Gasteiger partial charge in [-0.05, 0) is 56.2 Å². The van der Waals surface area contributed by atoms with Gasteiger partial charge in [0.25, 0.3) is 0 Å². The van der Waals surface area contributed by atoms with Crippen LogP contribution >= 0.6 is 0 Å². The van der Waals surface area contributed by atoms with Gasteiger partial charge in [-0.3, -0.25) is 0 Å². The molecule has 0 saturated heterocycles. The Balaban J connectivity index is 1.77. The Kier molecular flexibility index (Phi) is 7.60. The average molecular weight is 503 g/mol. The summed E-state index contributed by atoms with van der Waals surface area (Å²) in [6, 6.07) is 37.3. The molecule has 0 unspecified atom stereocenters. The van der Waals surface area contributed by atoms with E-state index in [2.05, 4.69) is 96.9 Å². The molecule has 1 aliphatic heterocycles. The summed E-state index contributed by atoms with van der Waals surface area (Å²) in [7, 11) is 0. The van der Waals surface area contributed by atoms with Gasteiger partial charge in [-0.15, -0.1) is 0 Å². The Labute approximate surface area is 225 Å². The van der Waals surface area contributed by atoms with Crippen molar-refractivity contribution in [3.8, 4) is 0 Å². The first-order chi connectivity index (χ1) is 18.5. The summed E-state index contributed by atoms with van der Waals surface area (Å²) in [6.07, 6.45) is 0.628. The topological polar surface area (TPSA) is 41.6 Å². The number of aryl methyl sites for hydroxylation is 2. The highest BCUT2D eigenvalue weighted by Gasteiger charge is 2.41. The van der Waals surface area contributed by atoms with Crippen LogP contribution in [-0.4, -0.2) is 12.6 Å². The smallest absolute Gasteiger partial charge is 0.338 e. The second kappa shape index (κ2) is 11.4. The molecule has 38 heavy (non-hydrogen) atoms. The molecular weight excluding hydrogens is 468 g/mol. The van der Waals surface area contributed by atoms with Crippen LogP contribution in [0.5, 0.6) is 0 Å². The molecule has 0 radical (unpaired) electrons. The molecule has 0 bridgehead atoms. The van der Waals surface area contributed by atoms with E-state index in [0.29, 0.717) is 18.6 Å². The highest BCUT2D eigenvalue weighted by molar-refractivity contribution is 5.93. The van der Waals surface area contributed by atoms with E-state index >= 15 is 0 Å². The molecule has 4 nitrogen and oxygen atoms in total. The highest BCUT2D eigenvalue weighted by atomic mass is 16.5. The van der Waals surface area contributed by atoms with Crippen molar-refractivity contribution in [2.24, 2.45) is 0 Å².